The Morgan fingerprint density at radius 3 is 2.23 bits per heavy atom. The van der Waals surface area contributed by atoms with Crippen LogP contribution in [-0.2, 0) is 13.0 Å². The number of hydrogen-bond donors (Lipinski definition) is 2. The highest BCUT2D eigenvalue weighted by atomic mass is 16.1. The molecule has 0 aliphatic carbocycles. The number of imidazole rings is 1. The van der Waals surface area contributed by atoms with Crippen LogP contribution in [0.2, 0.25) is 0 Å². The molecule has 0 fully saturated rings. The van der Waals surface area contributed by atoms with E-state index in [1.54, 1.807) is 6.20 Å². The van der Waals surface area contributed by atoms with Crippen LogP contribution in [0.25, 0.3) is 39.5 Å². The molecule has 0 amide bonds. The van der Waals surface area contributed by atoms with Gasteiger partial charge in [0.1, 0.15) is 17.6 Å². The van der Waals surface area contributed by atoms with E-state index in [1.165, 1.54) is 17.5 Å². The number of nitrogens with two attached hydrogens (primary N) is 1. The largest absolute Gasteiger partial charge is 0.383 e. The van der Waals surface area contributed by atoms with E-state index < -0.39 is 0 Å². The molecule has 7 heteroatoms. The Morgan fingerprint density at radius 1 is 0.814 bits per heavy atom. The summed E-state index contributed by atoms with van der Waals surface area (Å²) >= 11 is 0. The second-order valence-electron chi connectivity index (χ2n) is 10.3. The van der Waals surface area contributed by atoms with Crippen LogP contribution in [-0.4, -0.2) is 32.3 Å². The molecule has 0 aliphatic rings. The molecule has 0 saturated heterocycles. The second kappa shape index (κ2) is 14.2. The first-order valence-electron chi connectivity index (χ1n) is 14.6. The van der Waals surface area contributed by atoms with Crippen LogP contribution < -0.4 is 11.1 Å². The number of aromatic nitrogens is 4. The van der Waals surface area contributed by atoms with Crippen LogP contribution >= 0.6 is 0 Å². The average Bonchev–Trinajstić information content (AvgIpc) is 3.43. The summed E-state index contributed by atoms with van der Waals surface area (Å²) in [5.74, 6) is 1.12. The van der Waals surface area contributed by atoms with Crippen molar-refractivity contribution in [1.29, 1.82) is 0 Å². The van der Waals surface area contributed by atoms with Crippen LogP contribution in [0.3, 0.4) is 0 Å². The summed E-state index contributed by atoms with van der Waals surface area (Å²) in [5, 5.41) is 3.51. The van der Waals surface area contributed by atoms with Crippen molar-refractivity contribution in [3.05, 3.63) is 126 Å². The van der Waals surface area contributed by atoms with Crippen molar-refractivity contribution < 1.29 is 4.79 Å². The number of hydrogen-bond acceptors (Lipinski definition) is 6. The number of nitrogens with one attached hydrogen (secondary N) is 1. The molecule has 216 valence electrons. The molecule has 0 spiro atoms. The normalized spacial score (nSPS) is 10.7. The highest BCUT2D eigenvalue weighted by Gasteiger charge is 2.18. The molecular formula is C36H36N6O. The van der Waals surface area contributed by atoms with Gasteiger partial charge in [-0.3, -0.25) is 9.36 Å². The Bertz CT molecular complexity index is 1780. The van der Waals surface area contributed by atoms with Crippen molar-refractivity contribution in [3.8, 4) is 28.3 Å². The summed E-state index contributed by atoms with van der Waals surface area (Å²) in [6.45, 7) is 5.83. The number of aldehydes is 1. The predicted molar refractivity (Wildman–Crippen MR) is 175 cm³/mol. The Morgan fingerprint density at radius 2 is 1.53 bits per heavy atom. The van der Waals surface area contributed by atoms with Crippen molar-refractivity contribution in [2.75, 3.05) is 12.3 Å². The van der Waals surface area contributed by atoms with Gasteiger partial charge in [0.15, 0.2) is 11.5 Å². The summed E-state index contributed by atoms with van der Waals surface area (Å²) in [4.78, 5) is 25.1. The number of benzene rings is 3. The average molecular weight is 569 g/mol. The first kappa shape index (κ1) is 29.4. The first-order valence-corrected chi connectivity index (χ1v) is 14.6. The molecule has 43 heavy (non-hydrogen) atoms. The minimum Gasteiger partial charge on any atom is -0.383 e. The van der Waals surface area contributed by atoms with E-state index in [1.807, 2.05) is 66.7 Å². The van der Waals surface area contributed by atoms with Gasteiger partial charge in [-0.2, -0.15) is 0 Å². The summed E-state index contributed by atoms with van der Waals surface area (Å²) in [6.07, 6.45) is 4.69. The Kier molecular flexibility index (Phi) is 9.67. The van der Waals surface area contributed by atoms with E-state index >= 15 is 0 Å². The SMILES string of the molecule is CCC.Nc1ncccc1-c1nc2ccc(-c3ccccc3)nc2n1-c1ccc(CNCCc2ccc(C=O)cc2)cc1. The topological polar surface area (TPSA) is 98.7 Å². The number of anilines is 1. The van der Waals surface area contributed by atoms with Gasteiger partial charge in [-0.1, -0.05) is 87.0 Å². The van der Waals surface area contributed by atoms with E-state index in [2.05, 4.69) is 65.1 Å². The molecule has 6 rings (SSSR count). The van der Waals surface area contributed by atoms with E-state index in [-0.39, 0.29) is 0 Å². The zero-order valence-corrected chi connectivity index (χ0v) is 24.6. The van der Waals surface area contributed by atoms with Gasteiger partial charge < -0.3 is 11.1 Å². The third-order valence-corrected chi connectivity index (χ3v) is 6.88. The smallest absolute Gasteiger partial charge is 0.165 e. The number of nitrogen functional groups attached to an aromatic ring is 1. The maximum atomic E-state index is 10.8. The third kappa shape index (κ3) is 7.02. The minimum atomic E-state index is 0.420. The number of rotatable bonds is 9. The molecule has 7 nitrogen and oxygen atoms in total. The molecule has 0 aliphatic heterocycles. The first-order chi connectivity index (χ1) is 21.1. The van der Waals surface area contributed by atoms with E-state index in [0.29, 0.717) is 17.2 Å². The van der Waals surface area contributed by atoms with E-state index in [9.17, 15) is 4.79 Å². The van der Waals surface area contributed by atoms with Crippen LogP contribution in [0, 0.1) is 0 Å². The Labute approximate surface area is 252 Å². The number of nitrogens with zero attached hydrogens (tertiary/aromatic N) is 4. The summed E-state index contributed by atoms with van der Waals surface area (Å²) in [5.41, 5.74) is 14.5. The fraction of sp³-hybridized carbons (Fsp3) is 0.167. The van der Waals surface area contributed by atoms with Crippen LogP contribution in [0.1, 0.15) is 41.8 Å². The molecule has 0 atom stereocenters. The second-order valence-corrected chi connectivity index (χ2v) is 10.3. The van der Waals surface area contributed by atoms with Gasteiger partial charge >= 0.3 is 0 Å². The lowest BCUT2D eigenvalue weighted by Gasteiger charge is -2.12. The molecule has 0 unspecified atom stereocenters. The summed E-state index contributed by atoms with van der Waals surface area (Å²) in [7, 11) is 0. The monoisotopic (exact) mass is 568 g/mol. The molecule has 3 aromatic heterocycles. The predicted octanol–water partition coefficient (Wildman–Crippen LogP) is 7.29. The van der Waals surface area contributed by atoms with E-state index in [0.717, 1.165) is 59.5 Å². The van der Waals surface area contributed by atoms with Gasteiger partial charge in [-0.25, -0.2) is 15.0 Å². The lowest BCUT2D eigenvalue weighted by molar-refractivity contribution is 0.112. The number of carbonyl (C=O) groups is 1. The van der Waals surface area contributed by atoms with Crippen LogP contribution in [0.4, 0.5) is 5.82 Å². The Hall–Kier alpha value is -5.14. The number of pyridine rings is 2. The fourth-order valence-electron chi connectivity index (χ4n) is 4.75. The van der Waals surface area contributed by atoms with Gasteiger partial charge in [0.2, 0.25) is 0 Å². The van der Waals surface area contributed by atoms with Crippen molar-refractivity contribution in [1.82, 2.24) is 24.8 Å². The van der Waals surface area contributed by atoms with Crippen molar-refractivity contribution in [2.24, 2.45) is 0 Å². The molecule has 3 aromatic carbocycles. The van der Waals surface area contributed by atoms with Gasteiger partial charge in [-0.05, 0) is 60.5 Å². The van der Waals surface area contributed by atoms with Crippen LogP contribution in [0.5, 0.6) is 0 Å². The molecule has 0 radical (unpaired) electrons. The van der Waals surface area contributed by atoms with Crippen LogP contribution in [0.15, 0.2) is 109 Å². The number of fused-ring (bicyclic) bond motifs is 1. The van der Waals surface area contributed by atoms with Gasteiger partial charge in [0.25, 0.3) is 0 Å². The molecule has 3 heterocycles. The molecule has 0 bridgehead atoms. The summed E-state index contributed by atoms with van der Waals surface area (Å²) < 4.78 is 2.05. The molecular weight excluding hydrogens is 532 g/mol. The summed E-state index contributed by atoms with van der Waals surface area (Å²) in [6, 6.07) is 34.0. The quantitative estimate of drug-likeness (QED) is 0.140. The molecule has 3 N–H and O–H groups in total. The van der Waals surface area contributed by atoms with Gasteiger partial charge in [-0.15, -0.1) is 0 Å². The van der Waals surface area contributed by atoms with Crippen molar-refractivity contribution >= 4 is 23.3 Å². The lowest BCUT2D eigenvalue weighted by Crippen LogP contribution is -2.16. The zero-order valence-electron chi connectivity index (χ0n) is 24.6. The lowest BCUT2D eigenvalue weighted by atomic mass is 10.1. The van der Waals surface area contributed by atoms with Gasteiger partial charge in [0.05, 0.1) is 11.3 Å². The highest BCUT2D eigenvalue weighted by Crippen LogP contribution is 2.31. The van der Waals surface area contributed by atoms with Gasteiger partial charge in [0, 0.05) is 29.6 Å². The minimum absolute atomic E-state index is 0.420. The Balaban J connectivity index is 0.00000118. The third-order valence-electron chi connectivity index (χ3n) is 6.88. The molecule has 6 aromatic rings. The highest BCUT2D eigenvalue weighted by molar-refractivity contribution is 5.84. The van der Waals surface area contributed by atoms with Crippen molar-refractivity contribution in [3.63, 3.8) is 0 Å². The standard InChI is InChI=1S/C33H28N6O.C3H8/c34-31-28(7-4-19-36-31)32-38-30-17-16-29(26-5-2-1-3-6-26)37-33(30)39(32)27-14-12-24(13-15-27)21-35-20-18-23-8-10-25(22-40)11-9-23;1-3-2/h1-17,19,22,35H,18,20-21H2,(H2,34,36);3H2,1-2H3. The van der Waals surface area contributed by atoms with Crippen molar-refractivity contribution in [2.45, 2.75) is 33.2 Å². The zero-order chi connectivity index (χ0) is 30.0. The molecule has 0 saturated carbocycles. The fourth-order valence-corrected chi connectivity index (χ4v) is 4.75. The maximum absolute atomic E-state index is 10.8. The van der Waals surface area contributed by atoms with E-state index in [4.69, 9.17) is 15.7 Å². The number of carbonyl (C=O) groups excluding carboxylic acids is 1. The maximum Gasteiger partial charge on any atom is 0.165 e.